The number of benzene rings is 1. The maximum Gasteiger partial charge on any atom is 0.343 e. The quantitative estimate of drug-likeness (QED) is 0.620. The molecule has 2 N–H and O–H groups in total. The molecule has 8 heteroatoms. The Morgan fingerprint density at radius 2 is 2.14 bits per heavy atom. The average Bonchev–Trinajstić information content (AvgIpc) is 3.11. The Hall–Kier alpha value is -3.42. The molecule has 1 aromatic carbocycles. The summed E-state index contributed by atoms with van der Waals surface area (Å²) < 4.78 is 23.9. The minimum Gasteiger partial charge on any atom is -0.494 e. The fourth-order valence-corrected chi connectivity index (χ4v) is 2.82. The van der Waals surface area contributed by atoms with Crippen molar-refractivity contribution in [1.29, 1.82) is 0 Å². The summed E-state index contributed by atoms with van der Waals surface area (Å²) in [6.45, 7) is 3.89. The van der Waals surface area contributed by atoms with Crippen LogP contribution in [0.4, 0.5) is 10.2 Å². The Balaban J connectivity index is 1.99. The van der Waals surface area contributed by atoms with Gasteiger partial charge in [0.1, 0.15) is 0 Å². The SMILES string of the molecule is CCC(Nc1noc(-c2ccc(F)c(OC)c2)c1C(=O)O)c1ccc(C)cn1. The van der Waals surface area contributed by atoms with E-state index in [1.165, 1.54) is 25.3 Å². The number of carbonyl (C=O) groups is 1. The van der Waals surface area contributed by atoms with Crippen LogP contribution in [0, 0.1) is 12.7 Å². The number of methoxy groups -OCH3 is 1. The molecule has 3 rings (SSSR count). The summed E-state index contributed by atoms with van der Waals surface area (Å²) in [6.07, 6.45) is 2.40. The van der Waals surface area contributed by atoms with Gasteiger partial charge in [0.05, 0.1) is 18.8 Å². The van der Waals surface area contributed by atoms with Crippen molar-refractivity contribution in [3.8, 4) is 17.1 Å². The summed E-state index contributed by atoms with van der Waals surface area (Å²) in [5.41, 5.74) is 1.99. The zero-order valence-corrected chi connectivity index (χ0v) is 15.7. The number of pyridine rings is 1. The molecule has 1 unspecified atom stereocenters. The molecule has 0 radical (unpaired) electrons. The molecule has 0 saturated heterocycles. The number of aromatic carboxylic acids is 1. The molecular weight excluding hydrogens is 365 g/mol. The summed E-state index contributed by atoms with van der Waals surface area (Å²) in [7, 11) is 1.33. The smallest absolute Gasteiger partial charge is 0.343 e. The summed E-state index contributed by atoms with van der Waals surface area (Å²) in [6, 6.07) is 7.52. The molecular formula is C20H20FN3O4. The lowest BCUT2D eigenvalue weighted by Crippen LogP contribution is -2.14. The van der Waals surface area contributed by atoms with Gasteiger partial charge in [0.15, 0.2) is 28.7 Å². The van der Waals surface area contributed by atoms with Crippen molar-refractivity contribution in [2.45, 2.75) is 26.3 Å². The van der Waals surface area contributed by atoms with Crippen LogP contribution in [0.3, 0.4) is 0 Å². The van der Waals surface area contributed by atoms with Crippen molar-refractivity contribution >= 4 is 11.8 Å². The number of carboxylic acid groups (broad SMARTS) is 1. The maximum absolute atomic E-state index is 13.7. The number of hydrogen-bond donors (Lipinski definition) is 2. The first-order chi connectivity index (χ1) is 13.4. The van der Waals surface area contributed by atoms with Crippen LogP contribution in [0.2, 0.25) is 0 Å². The van der Waals surface area contributed by atoms with Gasteiger partial charge < -0.3 is 19.7 Å². The molecule has 0 aliphatic carbocycles. The highest BCUT2D eigenvalue weighted by molar-refractivity contribution is 5.99. The van der Waals surface area contributed by atoms with E-state index < -0.39 is 11.8 Å². The van der Waals surface area contributed by atoms with Gasteiger partial charge in [-0.3, -0.25) is 4.98 Å². The minimum absolute atomic E-state index is 0.0139. The Morgan fingerprint density at radius 3 is 2.75 bits per heavy atom. The predicted molar refractivity (Wildman–Crippen MR) is 101 cm³/mol. The van der Waals surface area contributed by atoms with Gasteiger partial charge in [-0.1, -0.05) is 18.1 Å². The Labute approximate surface area is 161 Å². The summed E-state index contributed by atoms with van der Waals surface area (Å²) in [4.78, 5) is 16.3. The second-order valence-corrected chi connectivity index (χ2v) is 6.26. The monoisotopic (exact) mass is 385 g/mol. The lowest BCUT2D eigenvalue weighted by molar-refractivity contribution is 0.0698. The topological polar surface area (TPSA) is 97.5 Å². The molecule has 1 atom stereocenters. The van der Waals surface area contributed by atoms with E-state index in [2.05, 4.69) is 15.5 Å². The Kier molecular flexibility index (Phi) is 5.58. The number of rotatable bonds is 7. The van der Waals surface area contributed by atoms with Gasteiger partial charge in [-0.2, -0.15) is 0 Å². The molecule has 7 nitrogen and oxygen atoms in total. The number of anilines is 1. The molecule has 2 heterocycles. The zero-order valence-electron chi connectivity index (χ0n) is 15.7. The van der Waals surface area contributed by atoms with Crippen LogP contribution < -0.4 is 10.1 Å². The van der Waals surface area contributed by atoms with Crippen LogP contribution in [-0.4, -0.2) is 28.3 Å². The van der Waals surface area contributed by atoms with Crippen LogP contribution in [-0.2, 0) is 0 Å². The van der Waals surface area contributed by atoms with Crippen LogP contribution in [0.25, 0.3) is 11.3 Å². The number of ether oxygens (including phenoxy) is 1. The third-order valence-corrected chi connectivity index (χ3v) is 4.33. The van der Waals surface area contributed by atoms with E-state index >= 15 is 0 Å². The molecule has 146 valence electrons. The van der Waals surface area contributed by atoms with E-state index in [0.29, 0.717) is 12.0 Å². The van der Waals surface area contributed by atoms with E-state index in [4.69, 9.17) is 9.26 Å². The number of aromatic nitrogens is 2. The Morgan fingerprint density at radius 1 is 1.36 bits per heavy atom. The first-order valence-corrected chi connectivity index (χ1v) is 8.70. The highest BCUT2D eigenvalue weighted by Gasteiger charge is 2.26. The fourth-order valence-electron chi connectivity index (χ4n) is 2.82. The molecule has 28 heavy (non-hydrogen) atoms. The normalized spacial score (nSPS) is 11.9. The minimum atomic E-state index is -1.21. The van der Waals surface area contributed by atoms with Gasteiger partial charge in [-0.05, 0) is 43.2 Å². The number of nitrogens with one attached hydrogen (secondary N) is 1. The molecule has 3 aromatic rings. The molecule has 0 amide bonds. The maximum atomic E-state index is 13.7. The summed E-state index contributed by atoms with van der Waals surface area (Å²) >= 11 is 0. The number of hydrogen-bond acceptors (Lipinski definition) is 6. The van der Waals surface area contributed by atoms with Crippen LogP contribution in [0.15, 0.2) is 41.1 Å². The van der Waals surface area contributed by atoms with E-state index in [9.17, 15) is 14.3 Å². The number of aryl methyl sites for hydroxylation is 1. The van der Waals surface area contributed by atoms with E-state index in [1.807, 2.05) is 26.0 Å². The lowest BCUT2D eigenvalue weighted by Gasteiger charge is -2.16. The molecule has 0 aliphatic rings. The molecule has 0 bridgehead atoms. The van der Waals surface area contributed by atoms with E-state index in [0.717, 1.165) is 11.3 Å². The molecule has 0 fully saturated rings. The first-order valence-electron chi connectivity index (χ1n) is 8.70. The van der Waals surface area contributed by atoms with E-state index in [1.54, 1.807) is 6.20 Å². The zero-order chi connectivity index (χ0) is 20.3. The summed E-state index contributed by atoms with van der Waals surface area (Å²) in [5.74, 6) is -1.69. The first kappa shape index (κ1) is 19.3. The molecule has 0 saturated carbocycles. The van der Waals surface area contributed by atoms with Crippen LogP contribution in [0.5, 0.6) is 5.75 Å². The van der Waals surface area contributed by atoms with Crippen molar-refractivity contribution in [3.05, 3.63) is 59.2 Å². The largest absolute Gasteiger partial charge is 0.494 e. The third-order valence-electron chi connectivity index (χ3n) is 4.33. The van der Waals surface area contributed by atoms with Gasteiger partial charge in [-0.15, -0.1) is 0 Å². The fraction of sp³-hybridized carbons (Fsp3) is 0.250. The van der Waals surface area contributed by atoms with Crippen LogP contribution in [0.1, 0.15) is 41.0 Å². The average molecular weight is 385 g/mol. The number of nitrogens with zero attached hydrogens (tertiary/aromatic N) is 2. The van der Waals surface area contributed by atoms with E-state index in [-0.39, 0.29) is 28.9 Å². The van der Waals surface area contributed by atoms with Gasteiger partial charge in [0, 0.05) is 11.8 Å². The number of carboxylic acids is 1. The van der Waals surface area contributed by atoms with Crippen molar-refractivity contribution in [2.24, 2.45) is 0 Å². The van der Waals surface area contributed by atoms with Crippen molar-refractivity contribution < 1.29 is 23.6 Å². The predicted octanol–water partition coefficient (Wildman–Crippen LogP) is 4.45. The lowest BCUT2D eigenvalue weighted by atomic mass is 10.1. The van der Waals surface area contributed by atoms with Gasteiger partial charge in [0.2, 0.25) is 0 Å². The second kappa shape index (κ2) is 8.08. The standard InChI is InChI=1S/C20H20FN3O4/c1-4-14(15-8-5-11(2)10-22-15)23-19-17(20(25)26)18(28-24-19)12-6-7-13(21)16(9-12)27-3/h5-10,14H,4H2,1-3H3,(H,23,24)(H,25,26). The highest BCUT2D eigenvalue weighted by Crippen LogP contribution is 2.34. The number of halogens is 1. The third kappa shape index (κ3) is 3.80. The van der Waals surface area contributed by atoms with Crippen LogP contribution >= 0.6 is 0 Å². The molecule has 0 aliphatic heterocycles. The van der Waals surface area contributed by atoms with Gasteiger partial charge in [-0.25, -0.2) is 9.18 Å². The van der Waals surface area contributed by atoms with Crippen molar-refractivity contribution in [1.82, 2.24) is 10.1 Å². The van der Waals surface area contributed by atoms with Crippen molar-refractivity contribution in [2.75, 3.05) is 12.4 Å². The second-order valence-electron chi connectivity index (χ2n) is 6.26. The van der Waals surface area contributed by atoms with Gasteiger partial charge in [0.25, 0.3) is 0 Å². The van der Waals surface area contributed by atoms with Gasteiger partial charge >= 0.3 is 5.97 Å². The molecule has 0 spiro atoms. The highest BCUT2D eigenvalue weighted by atomic mass is 19.1. The van der Waals surface area contributed by atoms with Crippen molar-refractivity contribution in [3.63, 3.8) is 0 Å². The summed E-state index contributed by atoms with van der Waals surface area (Å²) in [5, 5.41) is 16.7. The molecule has 2 aromatic heterocycles. The Bertz CT molecular complexity index is 986.